The SMILES string of the molecule is CC.CC.Cc1cccc2c3ccncc3n(C)c12. The van der Waals surface area contributed by atoms with Crippen LogP contribution in [0.3, 0.4) is 0 Å². The minimum absolute atomic E-state index is 1.20. The van der Waals surface area contributed by atoms with Crippen LogP contribution < -0.4 is 0 Å². The summed E-state index contributed by atoms with van der Waals surface area (Å²) in [5.74, 6) is 0. The Labute approximate surface area is 116 Å². The van der Waals surface area contributed by atoms with Crippen LogP contribution >= 0.6 is 0 Å². The highest BCUT2D eigenvalue weighted by molar-refractivity contribution is 6.08. The molecule has 0 aliphatic carbocycles. The predicted octanol–water partition coefficient (Wildman–Crippen LogP) is 5.09. The van der Waals surface area contributed by atoms with Gasteiger partial charge in [-0.3, -0.25) is 4.98 Å². The zero-order chi connectivity index (χ0) is 14.4. The van der Waals surface area contributed by atoms with E-state index in [1.807, 2.05) is 40.1 Å². The van der Waals surface area contributed by atoms with Crippen molar-refractivity contribution in [2.45, 2.75) is 34.6 Å². The van der Waals surface area contributed by atoms with Crippen molar-refractivity contribution in [3.05, 3.63) is 42.2 Å². The number of aromatic nitrogens is 2. The topological polar surface area (TPSA) is 17.8 Å². The first kappa shape index (κ1) is 15.2. The van der Waals surface area contributed by atoms with Crippen LogP contribution in [0.25, 0.3) is 21.8 Å². The Bertz CT molecular complexity index is 651. The van der Waals surface area contributed by atoms with Crippen molar-refractivity contribution in [1.82, 2.24) is 9.55 Å². The number of pyridine rings is 1. The van der Waals surface area contributed by atoms with Crippen molar-refractivity contribution < 1.29 is 0 Å². The van der Waals surface area contributed by atoms with Crippen molar-refractivity contribution in [3.63, 3.8) is 0 Å². The van der Waals surface area contributed by atoms with Crippen molar-refractivity contribution in [3.8, 4) is 0 Å². The predicted molar refractivity (Wildman–Crippen MR) is 85.7 cm³/mol. The molecular weight excluding hydrogens is 232 g/mol. The van der Waals surface area contributed by atoms with Crippen LogP contribution in [0.4, 0.5) is 0 Å². The summed E-state index contributed by atoms with van der Waals surface area (Å²) < 4.78 is 2.22. The standard InChI is InChI=1S/C13H12N2.2C2H6/c1-9-4-3-5-11-10-6-7-14-8-12(10)15(2)13(9)11;2*1-2/h3-8H,1-2H3;2*1-2H3. The fourth-order valence-electron chi connectivity index (χ4n) is 2.32. The fraction of sp³-hybridized carbons (Fsp3) is 0.353. The molecule has 0 aliphatic heterocycles. The van der Waals surface area contributed by atoms with E-state index in [4.69, 9.17) is 0 Å². The maximum absolute atomic E-state index is 4.18. The fourth-order valence-corrected chi connectivity index (χ4v) is 2.32. The van der Waals surface area contributed by atoms with Crippen molar-refractivity contribution in [2.24, 2.45) is 7.05 Å². The second-order valence-electron chi connectivity index (χ2n) is 3.92. The van der Waals surface area contributed by atoms with Crippen LogP contribution in [0.1, 0.15) is 33.3 Å². The summed E-state index contributed by atoms with van der Waals surface area (Å²) >= 11 is 0. The molecular formula is C17H24N2. The largest absolute Gasteiger partial charge is 0.342 e. The third kappa shape index (κ3) is 2.62. The second kappa shape index (κ2) is 6.93. The van der Waals surface area contributed by atoms with Gasteiger partial charge in [0, 0.05) is 24.0 Å². The Hall–Kier alpha value is -1.83. The number of nitrogens with zero attached hydrogens (tertiary/aromatic N) is 2. The maximum atomic E-state index is 4.18. The van der Waals surface area contributed by atoms with Crippen LogP contribution in [0.15, 0.2) is 36.7 Å². The van der Waals surface area contributed by atoms with Gasteiger partial charge in [0.25, 0.3) is 0 Å². The third-order valence-electron chi connectivity index (χ3n) is 3.02. The van der Waals surface area contributed by atoms with E-state index in [0.29, 0.717) is 0 Å². The van der Waals surface area contributed by atoms with Gasteiger partial charge in [-0.2, -0.15) is 0 Å². The summed E-state index contributed by atoms with van der Waals surface area (Å²) in [6.07, 6.45) is 3.78. The van der Waals surface area contributed by atoms with Gasteiger partial charge in [0.2, 0.25) is 0 Å². The number of benzene rings is 1. The zero-order valence-corrected chi connectivity index (χ0v) is 12.9. The van der Waals surface area contributed by atoms with Crippen molar-refractivity contribution in [2.75, 3.05) is 0 Å². The summed E-state index contributed by atoms with van der Waals surface area (Å²) in [6, 6.07) is 8.51. The number of fused-ring (bicyclic) bond motifs is 3. The Kier molecular flexibility index (Phi) is 5.56. The van der Waals surface area contributed by atoms with E-state index in [1.54, 1.807) is 0 Å². The molecule has 3 aromatic rings. The highest BCUT2D eigenvalue weighted by Crippen LogP contribution is 2.28. The lowest BCUT2D eigenvalue weighted by molar-refractivity contribution is 1.00. The number of hydrogen-bond acceptors (Lipinski definition) is 1. The summed E-state index contributed by atoms with van der Waals surface area (Å²) in [4.78, 5) is 4.18. The quantitative estimate of drug-likeness (QED) is 0.548. The lowest BCUT2D eigenvalue weighted by Crippen LogP contribution is -1.88. The maximum Gasteiger partial charge on any atom is 0.0675 e. The highest BCUT2D eigenvalue weighted by atomic mass is 14.9. The minimum Gasteiger partial charge on any atom is -0.342 e. The number of aryl methyl sites for hydroxylation is 2. The number of rotatable bonds is 0. The monoisotopic (exact) mass is 256 g/mol. The van der Waals surface area contributed by atoms with Gasteiger partial charge in [0.15, 0.2) is 0 Å². The number of hydrogen-bond donors (Lipinski definition) is 0. The molecule has 1 aromatic carbocycles. The molecule has 2 aromatic heterocycles. The molecule has 0 radical (unpaired) electrons. The van der Waals surface area contributed by atoms with E-state index in [-0.39, 0.29) is 0 Å². The van der Waals surface area contributed by atoms with E-state index < -0.39 is 0 Å². The first-order valence-corrected chi connectivity index (χ1v) is 7.07. The van der Waals surface area contributed by atoms with Gasteiger partial charge < -0.3 is 4.57 Å². The molecule has 2 nitrogen and oxygen atoms in total. The minimum atomic E-state index is 1.20. The Morgan fingerprint density at radius 1 is 0.947 bits per heavy atom. The average Bonchev–Trinajstić information content (AvgIpc) is 2.79. The van der Waals surface area contributed by atoms with E-state index in [9.17, 15) is 0 Å². The molecule has 0 fully saturated rings. The molecule has 0 atom stereocenters. The lowest BCUT2D eigenvalue weighted by atomic mass is 10.1. The second-order valence-corrected chi connectivity index (χ2v) is 3.92. The molecule has 2 heteroatoms. The molecule has 0 N–H and O–H groups in total. The highest BCUT2D eigenvalue weighted by Gasteiger charge is 2.08. The van der Waals surface area contributed by atoms with Gasteiger partial charge in [-0.05, 0) is 18.6 Å². The molecule has 0 unspecified atom stereocenters. The summed E-state index contributed by atoms with van der Waals surface area (Å²) in [6.45, 7) is 10.1. The van der Waals surface area contributed by atoms with E-state index in [2.05, 4.69) is 47.8 Å². The van der Waals surface area contributed by atoms with E-state index in [1.165, 1.54) is 27.4 Å². The van der Waals surface area contributed by atoms with Gasteiger partial charge in [-0.15, -0.1) is 0 Å². The Morgan fingerprint density at radius 2 is 1.63 bits per heavy atom. The smallest absolute Gasteiger partial charge is 0.0675 e. The summed E-state index contributed by atoms with van der Waals surface area (Å²) in [7, 11) is 2.10. The molecule has 102 valence electrons. The molecule has 0 amide bonds. The van der Waals surface area contributed by atoms with Gasteiger partial charge in [0.05, 0.1) is 17.2 Å². The Balaban J connectivity index is 0.000000415. The van der Waals surface area contributed by atoms with Gasteiger partial charge in [0.1, 0.15) is 0 Å². The average molecular weight is 256 g/mol. The van der Waals surface area contributed by atoms with E-state index >= 15 is 0 Å². The van der Waals surface area contributed by atoms with E-state index in [0.717, 1.165) is 0 Å². The third-order valence-corrected chi connectivity index (χ3v) is 3.02. The molecule has 3 rings (SSSR count). The zero-order valence-electron chi connectivity index (χ0n) is 12.9. The van der Waals surface area contributed by atoms with Gasteiger partial charge in [-0.1, -0.05) is 45.9 Å². The van der Waals surface area contributed by atoms with Crippen molar-refractivity contribution >= 4 is 21.8 Å². The normalized spacial score (nSPS) is 9.58. The molecule has 2 heterocycles. The summed E-state index contributed by atoms with van der Waals surface area (Å²) in [5.41, 5.74) is 3.81. The molecule has 19 heavy (non-hydrogen) atoms. The van der Waals surface area contributed by atoms with Gasteiger partial charge in [-0.25, -0.2) is 0 Å². The Morgan fingerprint density at radius 3 is 2.32 bits per heavy atom. The van der Waals surface area contributed by atoms with Crippen LogP contribution in [0, 0.1) is 6.92 Å². The van der Waals surface area contributed by atoms with Gasteiger partial charge >= 0.3 is 0 Å². The summed E-state index contributed by atoms with van der Waals surface area (Å²) in [5, 5.41) is 2.60. The molecule has 0 saturated carbocycles. The van der Waals surface area contributed by atoms with Crippen LogP contribution in [0.5, 0.6) is 0 Å². The van der Waals surface area contributed by atoms with Crippen LogP contribution in [0.2, 0.25) is 0 Å². The van der Waals surface area contributed by atoms with Crippen molar-refractivity contribution in [1.29, 1.82) is 0 Å². The molecule has 0 saturated heterocycles. The van der Waals surface area contributed by atoms with Crippen LogP contribution in [-0.2, 0) is 7.05 Å². The molecule has 0 aliphatic rings. The molecule has 0 spiro atoms. The first-order chi connectivity index (χ1) is 9.29. The number of para-hydroxylation sites is 1. The first-order valence-electron chi connectivity index (χ1n) is 7.07. The lowest BCUT2D eigenvalue weighted by Gasteiger charge is -2.00. The van der Waals surface area contributed by atoms with Crippen LogP contribution in [-0.4, -0.2) is 9.55 Å². The molecule has 0 bridgehead atoms.